The topological polar surface area (TPSA) is 94.7 Å². The van der Waals surface area contributed by atoms with Gasteiger partial charge in [0.05, 0.1) is 11.7 Å². The predicted molar refractivity (Wildman–Crippen MR) is 132 cm³/mol. The van der Waals surface area contributed by atoms with Gasteiger partial charge < -0.3 is 5.32 Å². The molecule has 34 heavy (non-hydrogen) atoms. The molecule has 0 saturated heterocycles. The van der Waals surface area contributed by atoms with Gasteiger partial charge in [0.15, 0.2) is 5.82 Å². The summed E-state index contributed by atoms with van der Waals surface area (Å²) in [5.74, 6) is 0.506. The van der Waals surface area contributed by atoms with Gasteiger partial charge in [-0.05, 0) is 24.6 Å². The molecule has 0 atom stereocenters. The predicted octanol–water partition coefficient (Wildman–Crippen LogP) is 3.72. The van der Waals surface area contributed by atoms with Gasteiger partial charge in [0.1, 0.15) is 4.83 Å². The van der Waals surface area contributed by atoms with E-state index < -0.39 is 0 Å². The van der Waals surface area contributed by atoms with Gasteiger partial charge in [-0.15, -0.1) is 11.3 Å². The van der Waals surface area contributed by atoms with Crippen molar-refractivity contribution in [3.05, 3.63) is 94.2 Å². The van der Waals surface area contributed by atoms with Crippen molar-refractivity contribution in [1.82, 2.24) is 29.6 Å². The molecule has 0 aliphatic heterocycles. The highest BCUT2D eigenvalue weighted by molar-refractivity contribution is 7.17. The Kier molecular flexibility index (Phi) is 6.01. The van der Waals surface area contributed by atoms with Crippen molar-refractivity contribution < 1.29 is 4.79 Å². The first-order chi connectivity index (χ1) is 16.6. The van der Waals surface area contributed by atoms with Gasteiger partial charge in [-0.25, -0.2) is 14.6 Å². The molecule has 5 rings (SSSR count). The number of rotatable bonds is 7. The summed E-state index contributed by atoms with van der Waals surface area (Å²) in [6, 6.07) is 13.6. The Morgan fingerprint density at radius 2 is 1.94 bits per heavy atom. The first-order valence-electron chi connectivity index (χ1n) is 10.8. The third-order valence-electron chi connectivity index (χ3n) is 5.57. The Morgan fingerprint density at radius 1 is 1.09 bits per heavy atom. The number of benzene rings is 1. The molecule has 9 heteroatoms. The quantitative estimate of drug-likeness (QED) is 0.391. The molecular formula is C25H22N6O2S. The van der Waals surface area contributed by atoms with Crippen molar-refractivity contribution in [3.63, 3.8) is 0 Å². The summed E-state index contributed by atoms with van der Waals surface area (Å²) in [4.78, 5) is 35.3. The van der Waals surface area contributed by atoms with E-state index in [-0.39, 0.29) is 24.4 Å². The van der Waals surface area contributed by atoms with Crippen molar-refractivity contribution in [2.45, 2.75) is 26.4 Å². The first kappa shape index (κ1) is 21.7. The second kappa shape index (κ2) is 9.40. The molecule has 4 aromatic heterocycles. The standard InChI is InChI=1S/C25H22N6O2S/c1-17-5-7-18(8-6-17)20-15-34-24-22(20)25(33)30(16-28-24)13-9-21(32)27-14-19-4-2-10-26-23(19)31-12-3-11-29-31/h2-8,10-12,15-16H,9,13-14H2,1H3,(H,27,32). The molecule has 0 saturated carbocycles. The number of carbonyl (C=O) groups excluding carboxylic acids is 1. The summed E-state index contributed by atoms with van der Waals surface area (Å²) in [5, 5.41) is 9.68. The maximum absolute atomic E-state index is 13.2. The number of hydrogen-bond acceptors (Lipinski definition) is 6. The number of pyridine rings is 1. The number of amides is 1. The lowest BCUT2D eigenvalue weighted by Gasteiger charge is -2.10. The zero-order chi connectivity index (χ0) is 23.5. The molecule has 0 fully saturated rings. The van der Waals surface area contributed by atoms with Crippen LogP contribution in [0.2, 0.25) is 0 Å². The largest absolute Gasteiger partial charge is 0.352 e. The first-order valence-corrected chi connectivity index (χ1v) is 11.7. The zero-order valence-corrected chi connectivity index (χ0v) is 19.3. The lowest BCUT2D eigenvalue weighted by Crippen LogP contribution is -2.27. The average Bonchev–Trinajstić information content (AvgIpc) is 3.54. The number of carbonyl (C=O) groups is 1. The molecule has 1 N–H and O–H groups in total. The van der Waals surface area contributed by atoms with E-state index in [1.54, 1.807) is 23.3 Å². The minimum Gasteiger partial charge on any atom is -0.352 e. The SMILES string of the molecule is Cc1ccc(-c2csc3ncn(CCC(=O)NCc4cccnc4-n4cccn4)c(=O)c23)cc1. The van der Waals surface area contributed by atoms with Crippen molar-refractivity contribution in [2.75, 3.05) is 0 Å². The van der Waals surface area contributed by atoms with E-state index in [0.29, 0.717) is 22.6 Å². The maximum atomic E-state index is 13.2. The normalized spacial score (nSPS) is 11.1. The van der Waals surface area contributed by atoms with Gasteiger partial charge in [0.25, 0.3) is 5.56 Å². The molecule has 0 aliphatic rings. The van der Waals surface area contributed by atoms with Crippen LogP contribution in [-0.4, -0.2) is 30.2 Å². The zero-order valence-electron chi connectivity index (χ0n) is 18.5. The van der Waals surface area contributed by atoms with Crippen LogP contribution in [0.15, 0.2) is 77.6 Å². The second-order valence-corrected chi connectivity index (χ2v) is 8.76. The highest BCUT2D eigenvalue weighted by atomic mass is 32.1. The van der Waals surface area contributed by atoms with Crippen LogP contribution in [0.5, 0.6) is 0 Å². The third-order valence-corrected chi connectivity index (χ3v) is 6.45. The smallest absolute Gasteiger partial charge is 0.262 e. The fraction of sp³-hybridized carbons (Fsp3) is 0.160. The van der Waals surface area contributed by atoms with Gasteiger partial charge in [0, 0.05) is 54.6 Å². The molecule has 170 valence electrons. The molecule has 0 radical (unpaired) electrons. The van der Waals surface area contributed by atoms with Crippen LogP contribution in [0, 0.1) is 6.92 Å². The summed E-state index contributed by atoms with van der Waals surface area (Å²) in [6.45, 7) is 2.59. The van der Waals surface area contributed by atoms with Gasteiger partial charge >= 0.3 is 0 Å². The van der Waals surface area contributed by atoms with E-state index >= 15 is 0 Å². The summed E-state index contributed by atoms with van der Waals surface area (Å²) < 4.78 is 3.17. The van der Waals surface area contributed by atoms with Crippen molar-refractivity contribution >= 4 is 27.5 Å². The Labute approximate surface area is 199 Å². The highest BCUT2D eigenvalue weighted by Crippen LogP contribution is 2.30. The van der Waals surface area contributed by atoms with Crippen LogP contribution in [0.3, 0.4) is 0 Å². The Morgan fingerprint density at radius 3 is 2.74 bits per heavy atom. The number of thiophene rings is 1. The van der Waals surface area contributed by atoms with E-state index in [9.17, 15) is 9.59 Å². The third kappa shape index (κ3) is 4.38. The molecule has 8 nitrogen and oxygen atoms in total. The van der Waals surface area contributed by atoms with Crippen LogP contribution < -0.4 is 10.9 Å². The molecular weight excluding hydrogens is 448 g/mol. The number of nitrogens with zero attached hydrogens (tertiary/aromatic N) is 5. The van der Waals surface area contributed by atoms with Gasteiger partial charge in [-0.2, -0.15) is 5.10 Å². The molecule has 5 aromatic rings. The van der Waals surface area contributed by atoms with Gasteiger partial charge in [-0.3, -0.25) is 14.2 Å². The number of hydrogen-bond donors (Lipinski definition) is 1. The highest BCUT2D eigenvalue weighted by Gasteiger charge is 2.14. The van der Waals surface area contributed by atoms with E-state index in [1.165, 1.54) is 22.2 Å². The Bertz CT molecular complexity index is 1500. The summed E-state index contributed by atoms with van der Waals surface area (Å²) in [5.41, 5.74) is 3.73. The minimum absolute atomic E-state index is 0.136. The minimum atomic E-state index is -0.161. The van der Waals surface area contributed by atoms with Crippen molar-refractivity contribution in [3.8, 4) is 16.9 Å². The number of nitrogens with one attached hydrogen (secondary N) is 1. The monoisotopic (exact) mass is 470 g/mol. The maximum Gasteiger partial charge on any atom is 0.262 e. The lowest BCUT2D eigenvalue weighted by molar-refractivity contribution is -0.121. The fourth-order valence-corrected chi connectivity index (χ4v) is 4.65. The van der Waals surface area contributed by atoms with Crippen molar-refractivity contribution in [1.29, 1.82) is 0 Å². The van der Waals surface area contributed by atoms with E-state index in [4.69, 9.17) is 0 Å². The molecule has 4 heterocycles. The molecule has 0 bridgehead atoms. The van der Waals surface area contributed by atoms with Crippen LogP contribution in [0.1, 0.15) is 17.5 Å². The summed E-state index contributed by atoms with van der Waals surface area (Å²) >= 11 is 1.45. The van der Waals surface area contributed by atoms with Crippen LogP contribution in [0.25, 0.3) is 27.2 Å². The van der Waals surface area contributed by atoms with E-state index in [2.05, 4.69) is 20.4 Å². The van der Waals surface area contributed by atoms with Gasteiger partial charge in [-0.1, -0.05) is 35.9 Å². The van der Waals surface area contributed by atoms with Crippen molar-refractivity contribution in [2.24, 2.45) is 0 Å². The average molecular weight is 471 g/mol. The number of aromatic nitrogens is 5. The molecule has 1 aromatic carbocycles. The Balaban J connectivity index is 1.29. The lowest BCUT2D eigenvalue weighted by atomic mass is 10.1. The molecule has 1 amide bonds. The molecule has 0 spiro atoms. The van der Waals surface area contributed by atoms with Crippen LogP contribution in [0.4, 0.5) is 0 Å². The molecule has 0 aliphatic carbocycles. The van der Waals surface area contributed by atoms with Crippen LogP contribution >= 0.6 is 11.3 Å². The number of aryl methyl sites for hydroxylation is 2. The van der Waals surface area contributed by atoms with E-state index in [1.807, 2.05) is 54.8 Å². The second-order valence-electron chi connectivity index (χ2n) is 7.90. The fourth-order valence-electron chi connectivity index (χ4n) is 3.75. The van der Waals surface area contributed by atoms with Crippen LogP contribution in [-0.2, 0) is 17.9 Å². The van der Waals surface area contributed by atoms with Gasteiger partial charge in [0.2, 0.25) is 5.91 Å². The summed E-state index contributed by atoms with van der Waals surface area (Å²) in [6.07, 6.45) is 6.85. The van der Waals surface area contributed by atoms with E-state index in [0.717, 1.165) is 22.3 Å². The molecule has 0 unspecified atom stereocenters. The number of fused-ring (bicyclic) bond motifs is 1. The summed E-state index contributed by atoms with van der Waals surface area (Å²) in [7, 11) is 0. The Hall–Kier alpha value is -4.11.